The molecule has 1 aliphatic heterocycles. The number of carbonyl (C=O) groups excluding carboxylic acids is 1. The third kappa shape index (κ3) is 5.24. The summed E-state index contributed by atoms with van der Waals surface area (Å²) in [6.45, 7) is 3.13. The quantitative estimate of drug-likeness (QED) is 0.444. The smallest absolute Gasteiger partial charge is 0.262 e. The number of hydrogen-bond acceptors (Lipinski definition) is 7. The number of benzene rings is 3. The van der Waals surface area contributed by atoms with Crippen molar-refractivity contribution in [2.45, 2.75) is 0 Å². The van der Waals surface area contributed by atoms with Crippen molar-refractivity contribution < 1.29 is 18.8 Å². The van der Waals surface area contributed by atoms with E-state index in [1.54, 1.807) is 12.1 Å². The average Bonchev–Trinajstić information content (AvgIpc) is 3.40. The summed E-state index contributed by atoms with van der Waals surface area (Å²) < 4.78 is 16.4. The zero-order chi connectivity index (χ0) is 23.2. The molecule has 1 N–H and O–H groups in total. The minimum absolute atomic E-state index is 0.0940. The van der Waals surface area contributed by atoms with Crippen LogP contribution in [0.5, 0.6) is 5.75 Å². The number of carbonyl (C=O) groups is 1. The van der Waals surface area contributed by atoms with Gasteiger partial charge in [-0.15, -0.1) is 0 Å². The van der Waals surface area contributed by atoms with Crippen molar-refractivity contribution in [2.24, 2.45) is 0 Å². The maximum absolute atomic E-state index is 12.3. The molecule has 1 saturated heterocycles. The first-order chi connectivity index (χ1) is 16.7. The summed E-state index contributed by atoms with van der Waals surface area (Å²) in [6.07, 6.45) is 0. The maximum Gasteiger partial charge on any atom is 0.262 e. The van der Waals surface area contributed by atoms with Crippen molar-refractivity contribution in [3.8, 4) is 28.6 Å². The van der Waals surface area contributed by atoms with Crippen molar-refractivity contribution in [2.75, 3.05) is 43.1 Å². The summed E-state index contributed by atoms with van der Waals surface area (Å²) in [4.78, 5) is 19.0. The van der Waals surface area contributed by atoms with Gasteiger partial charge in [-0.05, 0) is 48.5 Å². The van der Waals surface area contributed by atoms with Gasteiger partial charge in [0.05, 0.1) is 13.2 Å². The molecule has 8 nitrogen and oxygen atoms in total. The topological polar surface area (TPSA) is 89.7 Å². The number of nitrogens with zero attached hydrogens (tertiary/aromatic N) is 3. The first-order valence-corrected chi connectivity index (χ1v) is 11.1. The van der Waals surface area contributed by atoms with E-state index in [2.05, 4.69) is 20.4 Å². The lowest BCUT2D eigenvalue weighted by atomic mass is 10.2. The van der Waals surface area contributed by atoms with Gasteiger partial charge in [-0.3, -0.25) is 4.79 Å². The highest BCUT2D eigenvalue weighted by Crippen LogP contribution is 2.24. The first kappa shape index (κ1) is 21.7. The second kappa shape index (κ2) is 10.2. The fourth-order valence-corrected chi connectivity index (χ4v) is 3.66. The number of rotatable bonds is 7. The third-order valence-electron chi connectivity index (χ3n) is 5.46. The summed E-state index contributed by atoms with van der Waals surface area (Å²) in [5.41, 5.74) is 3.51. The van der Waals surface area contributed by atoms with Gasteiger partial charge in [0.2, 0.25) is 5.82 Å². The standard InChI is InChI=1S/C26H24N4O4/c31-24(27-21-8-10-22(11-9-21)30-14-16-32-17-15-30)18-33-23-12-6-20(7-13-23)26-28-25(29-34-26)19-4-2-1-3-5-19/h1-13H,14-18H2,(H,27,31). The molecule has 0 radical (unpaired) electrons. The van der Waals surface area contributed by atoms with Gasteiger partial charge < -0.3 is 24.2 Å². The van der Waals surface area contributed by atoms with E-state index < -0.39 is 0 Å². The van der Waals surface area contributed by atoms with Crippen LogP contribution >= 0.6 is 0 Å². The Balaban J connectivity index is 1.13. The SMILES string of the molecule is O=C(COc1ccc(-c2nc(-c3ccccc3)no2)cc1)Nc1ccc(N2CCOCC2)cc1. The van der Waals surface area contributed by atoms with Crippen LogP contribution in [0, 0.1) is 0 Å². The van der Waals surface area contributed by atoms with Crippen molar-refractivity contribution in [1.29, 1.82) is 0 Å². The normalized spacial score (nSPS) is 13.5. The lowest BCUT2D eigenvalue weighted by molar-refractivity contribution is -0.118. The van der Waals surface area contributed by atoms with Crippen LogP contribution < -0.4 is 15.0 Å². The molecule has 1 fully saturated rings. The number of morpholine rings is 1. The Hall–Kier alpha value is -4.17. The zero-order valence-electron chi connectivity index (χ0n) is 18.5. The van der Waals surface area contributed by atoms with E-state index in [9.17, 15) is 4.79 Å². The summed E-state index contributed by atoms with van der Waals surface area (Å²) in [7, 11) is 0. The van der Waals surface area contributed by atoms with E-state index in [1.165, 1.54) is 0 Å². The second-order valence-corrected chi connectivity index (χ2v) is 7.80. The molecule has 3 aromatic carbocycles. The van der Waals surface area contributed by atoms with Gasteiger partial charge in [0.25, 0.3) is 11.8 Å². The van der Waals surface area contributed by atoms with Crippen LogP contribution in [0.15, 0.2) is 83.4 Å². The first-order valence-electron chi connectivity index (χ1n) is 11.1. The van der Waals surface area contributed by atoms with Gasteiger partial charge in [-0.2, -0.15) is 4.98 Å². The van der Waals surface area contributed by atoms with Crippen molar-refractivity contribution in [1.82, 2.24) is 10.1 Å². The van der Waals surface area contributed by atoms with Crippen LogP contribution in [0.1, 0.15) is 0 Å². The number of amides is 1. The van der Waals surface area contributed by atoms with Crippen LogP contribution in [0.4, 0.5) is 11.4 Å². The van der Waals surface area contributed by atoms with E-state index in [-0.39, 0.29) is 12.5 Å². The molecule has 34 heavy (non-hydrogen) atoms. The Morgan fingerprint density at radius 1 is 0.912 bits per heavy atom. The van der Waals surface area contributed by atoms with Crippen LogP contribution in [-0.4, -0.2) is 49.0 Å². The minimum atomic E-state index is -0.229. The Bertz CT molecular complexity index is 1220. The molecular weight excluding hydrogens is 432 g/mol. The number of aromatic nitrogens is 2. The predicted octanol–water partition coefficient (Wildman–Crippen LogP) is 4.26. The lowest BCUT2D eigenvalue weighted by Gasteiger charge is -2.28. The highest BCUT2D eigenvalue weighted by atomic mass is 16.5. The Labute approximate surface area is 197 Å². The number of hydrogen-bond donors (Lipinski definition) is 1. The van der Waals surface area contributed by atoms with Gasteiger partial charge in [-0.25, -0.2) is 0 Å². The molecule has 1 aliphatic rings. The fraction of sp³-hybridized carbons (Fsp3) is 0.192. The highest BCUT2D eigenvalue weighted by molar-refractivity contribution is 5.92. The predicted molar refractivity (Wildman–Crippen MR) is 129 cm³/mol. The van der Waals surface area contributed by atoms with Crippen LogP contribution in [0.2, 0.25) is 0 Å². The summed E-state index contributed by atoms with van der Waals surface area (Å²) >= 11 is 0. The third-order valence-corrected chi connectivity index (χ3v) is 5.46. The lowest BCUT2D eigenvalue weighted by Crippen LogP contribution is -2.36. The van der Waals surface area contributed by atoms with Crippen LogP contribution in [0.3, 0.4) is 0 Å². The van der Waals surface area contributed by atoms with E-state index in [0.29, 0.717) is 17.5 Å². The molecule has 5 rings (SSSR count). The largest absolute Gasteiger partial charge is 0.484 e. The highest BCUT2D eigenvalue weighted by Gasteiger charge is 2.12. The molecule has 172 valence electrons. The van der Waals surface area contributed by atoms with Gasteiger partial charge in [0, 0.05) is 35.6 Å². The second-order valence-electron chi connectivity index (χ2n) is 7.80. The molecule has 1 amide bonds. The molecule has 1 aromatic heterocycles. The van der Waals surface area contributed by atoms with E-state index in [4.69, 9.17) is 14.0 Å². The molecule has 8 heteroatoms. The average molecular weight is 457 g/mol. The number of nitrogens with one attached hydrogen (secondary N) is 1. The van der Waals surface area contributed by atoms with E-state index >= 15 is 0 Å². The Morgan fingerprint density at radius 2 is 1.65 bits per heavy atom. The number of anilines is 2. The summed E-state index contributed by atoms with van der Waals surface area (Å²) in [6, 6.07) is 24.6. The molecule has 0 bridgehead atoms. The zero-order valence-corrected chi connectivity index (χ0v) is 18.5. The molecule has 0 unspecified atom stereocenters. The molecule has 0 spiro atoms. The monoisotopic (exact) mass is 456 g/mol. The van der Waals surface area contributed by atoms with Crippen LogP contribution in [-0.2, 0) is 9.53 Å². The van der Waals surface area contributed by atoms with Crippen molar-refractivity contribution in [3.63, 3.8) is 0 Å². The van der Waals surface area contributed by atoms with Gasteiger partial charge in [-0.1, -0.05) is 35.5 Å². The molecule has 0 aliphatic carbocycles. The summed E-state index contributed by atoms with van der Waals surface area (Å²) in [5.74, 6) is 1.30. The van der Waals surface area contributed by atoms with Gasteiger partial charge in [0.15, 0.2) is 6.61 Å². The summed E-state index contributed by atoms with van der Waals surface area (Å²) in [5, 5.41) is 6.90. The Kier molecular flexibility index (Phi) is 6.49. The molecule has 0 saturated carbocycles. The molecular formula is C26H24N4O4. The molecule has 2 heterocycles. The fourth-order valence-electron chi connectivity index (χ4n) is 3.66. The Morgan fingerprint density at radius 3 is 2.38 bits per heavy atom. The maximum atomic E-state index is 12.3. The van der Waals surface area contributed by atoms with Gasteiger partial charge in [0.1, 0.15) is 5.75 Å². The molecule has 0 atom stereocenters. The van der Waals surface area contributed by atoms with E-state index in [1.807, 2.05) is 66.7 Å². The number of ether oxygens (including phenoxy) is 2. The van der Waals surface area contributed by atoms with Gasteiger partial charge >= 0.3 is 0 Å². The van der Waals surface area contributed by atoms with Crippen molar-refractivity contribution >= 4 is 17.3 Å². The van der Waals surface area contributed by atoms with Crippen LogP contribution in [0.25, 0.3) is 22.8 Å². The van der Waals surface area contributed by atoms with E-state index in [0.717, 1.165) is 48.8 Å². The van der Waals surface area contributed by atoms with Crippen molar-refractivity contribution in [3.05, 3.63) is 78.9 Å². The minimum Gasteiger partial charge on any atom is -0.484 e. The molecule has 4 aromatic rings.